The zero-order valence-corrected chi connectivity index (χ0v) is 15.1. The summed E-state index contributed by atoms with van der Waals surface area (Å²) in [7, 11) is 0. The van der Waals surface area contributed by atoms with E-state index < -0.39 is 5.82 Å². The molecule has 20 heavy (non-hydrogen) atoms. The second kappa shape index (κ2) is 5.95. The van der Waals surface area contributed by atoms with Crippen molar-refractivity contribution in [1.29, 1.82) is 0 Å². The fourth-order valence-electron chi connectivity index (χ4n) is 1.71. The fourth-order valence-corrected chi connectivity index (χ4v) is 3.18. The molecule has 2 aromatic rings. The Morgan fingerprint density at radius 3 is 2.20 bits per heavy atom. The average Bonchev–Trinajstić information content (AvgIpc) is 2.37. The number of carbonyl (C=O) groups excluding carboxylic acids is 1. The first kappa shape index (κ1) is 15.7. The van der Waals surface area contributed by atoms with Crippen LogP contribution < -0.4 is 5.73 Å². The second-order valence-corrected chi connectivity index (χ2v) is 6.83. The summed E-state index contributed by atoms with van der Waals surface area (Å²) in [6, 6.07) is 6.10. The summed E-state index contributed by atoms with van der Waals surface area (Å²) in [5.41, 5.74) is 7.28. The third-order valence-corrected chi connectivity index (χ3v) is 4.99. The van der Waals surface area contributed by atoms with Crippen LogP contribution in [0.15, 0.2) is 37.7 Å². The highest BCUT2D eigenvalue weighted by Gasteiger charge is 2.18. The molecule has 0 bridgehead atoms. The van der Waals surface area contributed by atoms with Gasteiger partial charge < -0.3 is 5.73 Å². The monoisotopic (exact) mass is 463 g/mol. The van der Waals surface area contributed by atoms with Gasteiger partial charge in [-0.2, -0.15) is 0 Å². The molecule has 0 unspecified atom stereocenters. The summed E-state index contributed by atoms with van der Waals surface area (Å²) in [5, 5.41) is 0. The molecule has 0 atom stereocenters. The molecule has 0 aromatic heterocycles. The van der Waals surface area contributed by atoms with E-state index in [1.165, 1.54) is 12.1 Å². The van der Waals surface area contributed by atoms with Gasteiger partial charge in [0.05, 0.1) is 5.69 Å². The predicted molar refractivity (Wildman–Crippen MR) is 88.5 cm³/mol. The van der Waals surface area contributed by atoms with Crippen molar-refractivity contribution in [2.75, 3.05) is 5.73 Å². The molecule has 0 aliphatic rings. The van der Waals surface area contributed by atoms with Gasteiger partial charge in [-0.1, -0.05) is 31.9 Å². The zero-order chi connectivity index (χ0) is 15.0. The maximum Gasteiger partial charge on any atom is 0.195 e. The van der Waals surface area contributed by atoms with E-state index in [2.05, 4.69) is 47.8 Å². The fraction of sp³-hybridized carbons (Fsp3) is 0.0714. The number of aryl methyl sites for hydroxylation is 1. The van der Waals surface area contributed by atoms with Gasteiger partial charge in [-0.05, 0) is 52.7 Å². The van der Waals surface area contributed by atoms with Crippen LogP contribution in [0.5, 0.6) is 0 Å². The van der Waals surface area contributed by atoms with Gasteiger partial charge in [-0.25, -0.2) is 4.39 Å². The number of ketones is 1. The van der Waals surface area contributed by atoms with E-state index in [1.807, 2.05) is 13.0 Å². The lowest BCUT2D eigenvalue weighted by atomic mass is 10.0. The van der Waals surface area contributed by atoms with Crippen LogP contribution in [-0.4, -0.2) is 5.78 Å². The molecule has 6 heteroatoms. The van der Waals surface area contributed by atoms with Crippen molar-refractivity contribution in [2.45, 2.75) is 6.92 Å². The highest BCUT2D eigenvalue weighted by Crippen LogP contribution is 2.30. The number of benzene rings is 2. The first-order valence-electron chi connectivity index (χ1n) is 5.56. The Balaban J connectivity index is 2.57. The molecule has 2 N–H and O–H groups in total. The van der Waals surface area contributed by atoms with Crippen LogP contribution in [0.1, 0.15) is 21.5 Å². The van der Waals surface area contributed by atoms with Gasteiger partial charge in [0, 0.05) is 24.5 Å². The standard InChI is InChI=1S/C14H9Br3FNO/c1-6-2-10(16)7(3-9(6)15)14(20)8-4-13(19)12(18)5-11(8)17/h2-5H,19H2,1H3. The highest BCUT2D eigenvalue weighted by molar-refractivity contribution is 9.11. The maximum atomic E-state index is 13.3. The summed E-state index contributed by atoms with van der Waals surface area (Å²) in [5.74, 6) is -0.797. The largest absolute Gasteiger partial charge is 0.396 e. The SMILES string of the molecule is Cc1cc(Br)c(C(=O)c2cc(N)c(F)cc2Br)cc1Br. The summed E-state index contributed by atoms with van der Waals surface area (Å²) in [4.78, 5) is 12.6. The molecule has 2 rings (SSSR count). The molecule has 0 heterocycles. The first-order chi connectivity index (χ1) is 9.31. The Hall–Kier alpha value is -0.720. The van der Waals surface area contributed by atoms with Crippen molar-refractivity contribution in [1.82, 2.24) is 0 Å². The number of nitrogen functional groups attached to an aromatic ring is 1. The molecule has 0 spiro atoms. The maximum absolute atomic E-state index is 13.3. The Bertz CT molecular complexity index is 657. The van der Waals surface area contributed by atoms with Gasteiger partial charge in [0.25, 0.3) is 0 Å². The Morgan fingerprint density at radius 1 is 1.00 bits per heavy atom. The molecule has 104 valence electrons. The molecular weight excluding hydrogens is 457 g/mol. The van der Waals surface area contributed by atoms with Gasteiger partial charge in [0.2, 0.25) is 0 Å². The van der Waals surface area contributed by atoms with Crippen molar-refractivity contribution < 1.29 is 9.18 Å². The molecule has 2 aromatic carbocycles. The first-order valence-corrected chi connectivity index (χ1v) is 7.94. The summed E-state index contributed by atoms with van der Waals surface area (Å²) >= 11 is 9.96. The molecular formula is C14H9Br3FNO. The number of rotatable bonds is 2. The van der Waals surface area contributed by atoms with E-state index in [1.54, 1.807) is 6.07 Å². The van der Waals surface area contributed by atoms with Gasteiger partial charge >= 0.3 is 0 Å². The van der Waals surface area contributed by atoms with Crippen molar-refractivity contribution in [3.63, 3.8) is 0 Å². The van der Waals surface area contributed by atoms with Gasteiger partial charge in [0.1, 0.15) is 5.82 Å². The molecule has 2 nitrogen and oxygen atoms in total. The van der Waals surface area contributed by atoms with Crippen molar-refractivity contribution >= 4 is 59.3 Å². The lowest BCUT2D eigenvalue weighted by molar-refractivity contribution is 0.103. The van der Waals surface area contributed by atoms with Crippen molar-refractivity contribution in [3.8, 4) is 0 Å². The van der Waals surface area contributed by atoms with Gasteiger partial charge in [-0.15, -0.1) is 0 Å². The van der Waals surface area contributed by atoms with Gasteiger partial charge in [0.15, 0.2) is 5.78 Å². The predicted octanol–water partition coefficient (Wildman–Crippen LogP) is 5.23. The van der Waals surface area contributed by atoms with E-state index in [9.17, 15) is 9.18 Å². The minimum Gasteiger partial charge on any atom is -0.396 e. The van der Waals surface area contributed by atoms with Crippen molar-refractivity contribution in [2.24, 2.45) is 0 Å². The Morgan fingerprint density at radius 2 is 1.55 bits per heavy atom. The molecule has 0 radical (unpaired) electrons. The Kier molecular flexibility index (Phi) is 4.66. The number of halogens is 4. The number of hydrogen-bond acceptors (Lipinski definition) is 2. The molecule has 0 fully saturated rings. The molecule has 0 aliphatic heterocycles. The molecule has 0 aliphatic carbocycles. The third kappa shape index (κ3) is 2.97. The van der Waals surface area contributed by atoms with E-state index >= 15 is 0 Å². The lowest BCUT2D eigenvalue weighted by Gasteiger charge is -2.09. The average molecular weight is 466 g/mol. The molecule has 0 amide bonds. The number of nitrogens with two attached hydrogens (primary N) is 1. The lowest BCUT2D eigenvalue weighted by Crippen LogP contribution is -2.06. The van der Waals surface area contributed by atoms with E-state index in [-0.39, 0.29) is 11.5 Å². The van der Waals surface area contributed by atoms with E-state index in [0.29, 0.717) is 20.1 Å². The van der Waals surface area contributed by atoms with E-state index in [0.717, 1.165) is 10.0 Å². The van der Waals surface area contributed by atoms with Crippen LogP contribution in [0, 0.1) is 12.7 Å². The Labute approximate surface area is 140 Å². The number of carbonyl (C=O) groups is 1. The number of hydrogen-bond donors (Lipinski definition) is 1. The van der Waals surface area contributed by atoms with Crippen LogP contribution in [0.3, 0.4) is 0 Å². The van der Waals surface area contributed by atoms with Crippen LogP contribution >= 0.6 is 47.8 Å². The summed E-state index contributed by atoms with van der Waals surface area (Å²) < 4.78 is 15.2. The summed E-state index contributed by atoms with van der Waals surface area (Å²) in [6.07, 6.45) is 0. The third-order valence-electron chi connectivity index (χ3n) is 2.82. The minimum atomic E-state index is -0.558. The van der Waals surface area contributed by atoms with Crippen LogP contribution in [0.25, 0.3) is 0 Å². The van der Waals surface area contributed by atoms with Gasteiger partial charge in [-0.3, -0.25) is 4.79 Å². The second-order valence-electron chi connectivity index (χ2n) is 4.26. The summed E-state index contributed by atoms with van der Waals surface area (Å²) in [6.45, 7) is 1.93. The van der Waals surface area contributed by atoms with E-state index in [4.69, 9.17) is 5.73 Å². The molecule has 0 saturated heterocycles. The normalized spacial score (nSPS) is 10.7. The van der Waals surface area contributed by atoms with Crippen LogP contribution in [0.2, 0.25) is 0 Å². The molecule has 0 saturated carbocycles. The van der Waals surface area contributed by atoms with Crippen LogP contribution in [0.4, 0.5) is 10.1 Å². The number of anilines is 1. The van der Waals surface area contributed by atoms with Crippen molar-refractivity contribution in [3.05, 3.63) is 60.2 Å². The quantitative estimate of drug-likeness (QED) is 0.487. The smallest absolute Gasteiger partial charge is 0.195 e. The minimum absolute atomic E-state index is 0.0566. The zero-order valence-electron chi connectivity index (χ0n) is 10.3. The topological polar surface area (TPSA) is 43.1 Å². The highest BCUT2D eigenvalue weighted by atomic mass is 79.9. The van der Waals surface area contributed by atoms with Crippen LogP contribution in [-0.2, 0) is 0 Å².